The number of sulfonamides is 1. The highest BCUT2D eigenvalue weighted by Gasteiger charge is 2.39. The molecule has 1 aliphatic rings. The van der Waals surface area contributed by atoms with Crippen LogP contribution in [0.15, 0.2) is 59.5 Å². The SMILES string of the molecule is CC(=O)c1ccc(S(=O)(=O)N2CC(c3ccccc3)OC2C)cc1. The minimum absolute atomic E-state index is 0.0963. The Morgan fingerprint density at radius 1 is 1.08 bits per heavy atom. The van der Waals surface area contributed by atoms with Gasteiger partial charge < -0.3 is 4.74 Å². The van der Waals surface area contributed by atoms with Crippen LogP contribution in [0, 0.1) is 0 Å². The van der Waals surface area contributed by atoms with Crippen LogP contribution in [0.25, 0.3) is 0 Å². The molecule has 0 saturated carbocycles. The maximum atomic E-state index is 12.9. The van der Waals surface area contributed by atoms with E-state index < -0.39 is 16.3 Å². The first kappa shape index (κ1) is 16.8. The second kappa shape index (κ2) is 6.47. The molecular formula is C18H19NO4S. The number of carbonyl (C=O) groups is 1. The smallest absolute Gasteiger partial charge is 0.245 e. The van der Waals surface area contributed by atoms with Crippen LogP contribution in [0.1, 0.15) is 35.9 Å². The second-order valence-corrected chi connectivity index (χ2v) is 7.68. The fourth-order valence-electron chi connectivity index (χ4n) is 2.80. The third-order valence-corrected chi connectivity index (χ3v) is 6.08. The predicted molar refractivity (Wildman–Crippen MR) is 90.1 cm³/mol. The van der Waals surface area contributed by atoms with Crippen LogP contribution in [-0.4, -0.2) is 31.3 Å². The number of hydrogen-bond acceptors (Lipinski definition) is 4. The van der Waals surface area contributed by atoms with Crippen LogP contribution in [0.2, 0.25) is 0 Å². The van der Waals surface area contributed by atoms with Gasteiger partial charge in [-0.15, -0.1) is 0 Å². The fourth-order valence-corrected chi connectivity index (χ4v) is 4.33. The van der Waals surface area contributed by atoms with E-state index in [0.717, 1.165) is 5.56 Å². The van der Waals surface area contributed by atoms with Gasteiger partial charge in [0.2, 0.25) is 10.0 Å². The molecule has 0 amide bonds. The Bertz CT molecular complexity index is 831. The highest BCUT2D eigenvalue weighted by Crippen LogP contribution is 2.32. The largest absolute Gasteiger partial charge is 0.353 e. The third kappa shape index (κ3) is 3.13. The Hall–Kier alpha value is -2.02. The van der Waals surface area contributed by atoms with Crippen molar-refractivity contribution >= 4 is 15.8 Å². The van der Waals surface area contributed by atoms with Crippen molar-refractivity contribution in [1.29, 1.82) is 0 Å². The van der Waals surface area contributed by atoms with Crippen LogP contribution in [0.3, 0.4) is 0 Å². The van der Waals surface area contributed by atoms with Crippen molar-refractivity contribution in [2.75, 3.05) is 6.54 Å². The Morgan fingerprint density at radius 2 is 1.71 bits per heavy atom. The molecule has 1 saturated heterocycles. The number of hydrogen-bond donors (Lipinski definition) is 0. The summed E-state index contributed by atoms with van der Waals surface area (Å²) < 4.78 is 32.9. The van der Waals surface area contributed by atoms with Crippen LogP contribution < -0.4 is 0 Å². The summed E-state index contributed by atoms with van der Waals surface area (Å²) in [5, 5.41) is 0. The first-order valence-electron chi connectivity index (χ1n) is 7.73. The van der Waals surface area contributed by atoms with Gasteiger partial charge in [0.05, 0.1) is 11.0 Å². The lowest BCUT2D eigenvalue weighted by atomic mass is 10.1. The van der Waals surface area contributed by atoms with Crippen LogP contribution in [0.5, 0.6) is 0 Å². The first-order chi connectivity index (χ1) is 11.4. The van der Waals surface area contributed by atoms with Crippen molar-refractivity contribution in [3.05, 3.63) is 65.7 Å². The van der Waals surface area contributed by atoms with Gasteiger partial charge in [0.1, 0.15) is 6.23 Å². The fraction of sp³-hybridized carbons (Fsp3) is 0.278. The highest BCUT2D eigenvalue weighted by molar-refractivity contribution is 7.89. The zero-order valence-electron chi connectivity index (χ0n) is 13.5. The van der Waals surface area contributed by atoms with Gasteiger partial charge in [0.15, 0.2) is 5.78 Å². The Kier molecular flexibility index (Phi) is 4.54. The molecule has 126 valence electrons. The number of benzene rings is 2. The lowest BCUT2D eigenvalue weighted by molar-refractivity contribution is 0.0344. The molecule has 0 N–H and O–H groups in total. The summed E-state index contributed by atoms with van der Waals surface area (Å²) >= 11 is 0. The quantitative estimate of drug-likeness (QED) is 0.799. The minimum atomic E-state index is -3.67. The van der Waals surface area contributed by atoms with E-state index in [2.05, 4.69) is 0 Å². The molecule has 2 aromatic rings. The van der Waals surface area contributed by atoms with Gasteiger partial charge in [-0.05, 0) is 31.5 Å². The summed E-state index contributed by atoms with van der Waals surface area (Å²) in [6.07, 6.45) is -0.833. The van der Waals surface area contributed by atoms with Crippen molar-refractivity contribution in [3.8, 4) is 0 Å². The maximum Gasteiger partial charge on any atom is 0.245 e. The summed E-state index contributed by atoms with van der Waals surface area (Å²) in [7, 11) is -3.67. The topological polar surface area (TPSA) is 63.7 Å². The van der Waals surface area contributed by atoms with Gasteiger partial charge in [-0.1, -0.05) is 42.5 Å². The molecule has 0 bridgehead atoms. The molecule has 1 heterocycles. The Morgan fingerprint density at radius 3 is 2.29 bits per heavy atom. The average molecular weight is 345 g/mol. The molecule has 0 radical (unpaired) electrons. The Balaban J connectivity index is 1.86. The second-order valence-electron chi connectivity index (χ2n) is 5.79. The van der Waals surface area contributed by atoms with Crippen molar-refractivity contribution in [2.24, 2.45) is 0 Å². The molecule has 1 fully saturated rings. The van der Waals surface area contributed by atoms with Gasteiger partial charge in [-0.3, -0.25) is 4.79 Å². The molecule has 0 spiro atoms. The molecule has 1 aliphatic heterocycles. The number of Topliss-reactive ketones (excluding diaryl/α,β-unsaturated/α-hetero) is 1. The zero-order chi connectivity index (χ0) is 17.3. The van der Waals surface area contributed by atoms with Gasteiger partial charge in [-0.2, -0.15) is 4.31 Å². The standard InChI is InChI=1S/C18H19NO4S/c1-13(20)15-8-10-17(11-9-15)24(21,22)19-12-18(23-14(19)2)16-6-4-3-5-7-16/h3-11,14,18H,12H2,1-2H3. The summed E-state index contributed by atoms with van der Waals surface area (Å²) in [5.41, 5.74) is 1.44. The van der Waals surface area contributed by atoms with Gasteiger partial charge in [-0.25, -0.2) is 8.42 Å². The van der Waals surface area contributed by atoms with E-state index in [9.17, 15) is 13.2 Å². The van der Waals surface area contributed by atoms with Gasteiger partial charge in [0, 0.05) is 12.1 Å². The van der Waals surface area contributed by atoms with E-state index in [4.69, 9.17) is 4.74 Å². The first-order valence-corrected chi connectivity index (χ1v) is 9.17. The molecule has 2 aromatic carbocycles. The van der Waals surface area contributed by atoms with Crippen molar-refractivity contribution in [1.82, 2.24) is 4.31 Å². The summed E-state index contributed by atoms with van der Waals surface area (Å²) in [4.78, 5) is 11.5. The lowest BCUT2D eigenvalue weighted by Crippen LogP contribution is -2.34. The summed E-state index contributed by atoms with van der Waals surface area (Å²) in [5.74, 6) is -0.0963. The normalized spacial score (nSPS) is 21.8. The molecule has 2 unspecified atom stereocenters. The van der Waals surface area contributed by atoms with E-state index in [0.29, 0.717) is 5.56 Å². The number of ketones is 1. The van der Waals surface area contributed by atoms with E-state index >= 15 is 0 Å². The average Bonchev–Trinajstić information content (AvgIpc) is 2.98. The van der Waals surface area contributed by atoms with Crippen molar-refractivity contribution < 1.29 is 17.9 Å². The molecular weight excluding hydrogens is 326 g/mol. The van der Waals surface area contributed by atoms with Crippen LogP contribution >= 0.6 is 0 Å². The molecule has 0 aliphatic carbocycles. The molecule has 5 nitrogen and oxygen atoms in total. The van der Waals surface area contributed by atoms with Crippen LogP contribution in [-0.2, 0) is 14.8 Å². The van der Waals surface area contributed by atoms with Gasteiger partial charge in [0.25, 0.3) is 0 Å². The van der Waals surface area contributed by atoms with Gasteiger partial charge >= 0.3 is 0 Å². The summed E-state index contributed by atoms with van der Waals surface area (Å²) in [6, 6.07) is 15.6. The number of carbonyl (C=O) groups excluding carboxylic acids is 1. The lowest BCUT2D eigenvalue weighted by Gasteiger charge is -2.19. The maximum absolute atomic E-state index is 12.9. The van der Waals surface area contributed by atoms with Crippen molar-refractivity contribution in [3.63, 3.8) is 0 Å². The van der Waals surface area contributed by atoms with Crippen molar-refractivity contribution in [2.45, 2.75) is 31.1 Å². The van der Waals surface area contributed by atoms with E-state index in [1.807, 2.05) is 30.3 Å². The molecule has 3 rings (SSSR count). The third-order valence-electron chi connectivity index (χ3n) is 4.15. The molecule has 6 heteroatoms. The predicted octanol–water partition coefficient (Wildman–Crippen LogP) is 3.00. The number of ether oxygens (including phenoxy) is 1. The summed E-state index contributed by atoms with van der Waals surface area (Å²) in [6.45, 7) is 3.44. The van der Waals surface area contributed by atoms with E-state index in [1.54, 1.807) is 6.92 Å². The molecule has 2 atom stereocenters. The number of nitrogens with zero attached hydrogens (tertiary/aromatic N) is 1. The minimum Gasteiger partial charge on any atom is -0.353 e. The molecule has 0 aromatic heterocycles. The van der Waals surface area contributed by atoms with E-state index in [1.165, 1.54) is 35.5 Å². The highest BCUT2D eigenvalue weighted by atomic mass is 32.2. The van der Waals surface area contributed by atoms with E-state index in [-0.39, 0.29) is 23.3 Å². The van der Waals surface area contributed by atoms with Crippen LogP contribution in [0.4, 0.5) is 0 Å². The molecule has 24 heavy (non-hydrogen) atoms. The Labute approximate surface area is 141 Å². The monoisotopic (exact) mass is 345 g/mol. The number of rotatable bonds is 4. The zero-order valence-corrected chi connectivity index (χ0v) is 14.4.